The van der Waals surface area contributed by atoms with Crippen molar-refractivity contribution in [3.05, 3.63) is 29.1 Å². The van der Waals surface area contributed by atoms with Crippen molar-refractivity contribution < 1.29 is 23.8 Å². The molecule has 1 aliphatic carbocycles. The Kier molecular flexibility index (Phi) is 6.44. The van der Waals surface area contributed by atoms with Gasteiger partial charge in [-0.15, -0.1) is 0 Å². The van der Waals surface area contributed by atoms with Crippen LogP contribution >= 0.6 is 0 Å². The molecular weight excluding hydrogens is 360 g/mol. The molecule has 152 valence electrons. The summed E-state index contributed by atoms with van der Waals surface area (Å²) in [5.74, 6) is 1.05. The molecule has 1 aromatic carbocycles. The van der Waals surface area contributed by atoms with E-state index < -0.39 is 0 Å². The molecule has 7 nitrogen and oxygen atoms in total. The molecule has 0 atom stereocenters. The van der Waals surface area contributed by atoms with Gasteiger partial charge in [-0.3, -0.25) is 9.59 Å². The molecule has 1 heterocycles. The third-order valence-electron chi connectivity index (χ3n) is 4.76. The third-order valence-corrected chi connectivity index (χ3v) is 4.76. The minimum absolute atomic E-state index is 0.0266. The van der Waals surface area contributed by atoms with Crippen LogP contribution in [0.5, 0.6) is 17.2 Å². The number of nitrogens with zero attached hydrogens (tertiary/aromatic N) is 1. The van der Waals surface area contributed by atoms with Gasteiger partial charge in [-0.05, 0) is 58.6 Å². The molecule has 0 bridgehead atoms. The number of hydrogen-bond acceptors (Lipinski definition) is 5. The lowest BCUT2D eigenvalue weighted by Gasteiger charge is -2.34. The zero-order valence-corrected chi connectivity index (χ0v) is 16.8. The molecule has 0 radical (unpaired) electrons. The molecule has 0 spiro atoms. The summed E-state index contributed by atoms with van der Waals surface area (Å²) in [5.41, 5.74) is 2.21. The fraction of sp³-hybridized carbons (Fsp3) is 0.524. The van der Waals surface area contributed by atoms with E-state index >= 15 is 0 Å². The number of ether oxygens (including phenoxy) is 3. The summed E-state index contributed by atoms with van der Waals surface area (Å²) in [5, 5.41) is 2.92. The quantitative estimate of drug-likeness (QED) is 0.776. The standard InChI is InChI=1S/C21H28N2O5/c1-4-26-17-11-14(12-18(27-5-2)20(17)28-6-3)21(25)23-13-19(24)22-15-9-7-8-10-16(15)23/h11-12H,4-10,13H2,1-3H3,(H,22,24). The predicted octanol–water partition coefficient (Wildman–Crippen LogP) is 3.24. The molecule has 3 rings (SSSR count). The van der Waals surface area contributed by atoms with E-state index in [9.17, 15) is 9.59 Å². The molecule has 2 aliphatic rings. The lowest BCUT2D eigenvalue weighted by atomic mass is 9.97. The molecular formula is C21H28N2O5. The lowest BCUT2D eigenvalue weighted by Crippen LogP contribution is -2.47. The monoisotopic (exact) mass is 388 g/mol. The molecule has 0 fully saturated rings. The minimum atomic E-state index is -0.228. The highest BCUT2D eigenvalue weighted by atomic mass is 16.5. The normalized spacial score (nSPS) is 16.4. The number of allylic oxidation sites excluding steroid dienone is 2. The van der Waals surface area contributed by atoms with Gasteiger partial charge in [0.15, 0.2) is 11.5 Å². The van der Waals surface area contributed by atoms with Gasteiger partial charge in [-0.25, -0.2) is 0 Å². The summed E-state index contributed by atoms with van der Waals surface area (Å²) in [6.07, 6.45) is 3.61. The fourth-order valence-electron chi connectivity index (χ4n) is 3.63. The first-order valence-electron chi connectivity index (χ1n) is 9.99. The third kappa shape index (κ3) is 4.08. The van der Waals surface area contributed by atoms with Crippen LogP contribution in [0.1, 0.15) is 56.8 Å². The first kappa shape index (κ1) is 20.0. The van der Waals surface area contributed by atoms with Crippen molar-refractivity contribution in [1.29, 1.82) is 0 Å². The second-order valence-corrected chi connectivity index (χ2v) is 6.67. The molecule has 2 amide bonds. The summed E-state index contributed by atoms with van der Waals surface area (Å²) >= 11 is 0. The number of rotatable bonds is 7. The Hall–Kier alpha value is -2.70. The zero-order chi connectivity index (χ0) is 20.1. The van der Waals surface area contributed by atoms with Crippen LogP contribution in [0.2, 0.25) is 0 Å². The van der Waals surface area contributed by atoms with Crippen LogP contribution in [0.25, 0.3) is 0 Å². The van der Waals surface area contributed by atoms with Crippen LogP contribution in [-0.2, 0) is 4.79 Å². The minimum Gasteiger partial charge on any atom is -0.490 e. The average molecular weight is 388 g/mol. The Morgan fingerprint density at radius 3 is 2.21 bits per heavy atom. The van der Waals surface area contributed by atoms with Gasteiger partial charge in [0.2, 0.25) is 11.7 Å². The predicted molar refractivity (Wildman–Crippen MR) is 105 cm³/mol. The van der Waals surface area contributed by atoms with Gasteiger partial charge in [0.25, 0.3) is 5.91 Å². The van der Waals surface area contributed by atoms with E-state index in [-0.39, 0.29) is 18.4 Å². The maximum atomic E-state index is 13.3. The van der Waals surface area contributed by atoms with Gasteiger partial charge in [0, 0.05) is 17.0 Å². The maximum Gasteiger partial charge on any atom is 0.258 e. The second-order valence-electron chi connectivity index (χ2n) is 6.67. The highest BCUT2D eigenvalue weighted by Crippen LogP contribution is 2.40. The molecule has 0 saturated carbocycles. The summed E-state index contributed by atoms with van der Waals surface area (Å²) in [7, 11) is 0. The Morgan fingerprint density at radius 2 is 1.61 bits per heavy atom. The highest BCUT2D eigenvalue weighted by Gasteiger charge is 2.32. The van der Waals surface area contributed by atoms with Gasteiger partial charge in [0.05, 0.1) is 19.8 Å². The molecule has 1 N–H and O–H groups in total. The van der Waals surface area contributed by atoms with Crippen molar-refractivity contribution in [2.75, 3.05) is 26.4 Å². The summed E-state index contributed by atoms with van der Waals surface area (Å²) in [4.78, 5) is 27.1. The Bertz CT molecular complexity index is 760. The van der Waals surface area contributed by atoms with Crippen LogP contribution < -0.4 is 19.5 Å². The van der Waals surface area contributed by atoms with Crippen LogP contribution in [0, 0.1) is 0 Å². The van der Waals surface area contributed by atoms with E-state index in [0.717, 1.165) is 37.1 Å². The molecule has 0 aromatic heterocycles. The summed E-state index contributed by atoms with van der Waals surface area (Å²) in [6.45, 7) is 6.98. The fourth-order valence-corrected chi connectivity index (χ4v) is 3.63. The van der Waals surface area contributed by atoms with E-state index in [1.165, 1.54) is 0 Å². The van der Waals surface area contributed by atoms with Crippen molar-refractivity contribution in [3.63, 3.8) is 0 Å². The summed E-state index contributed by atoms with van der Waals surface area (Å²) in [6, 6.07) is 3.35. The van der Waals surface area contributed by atoms with E-state index in [1.54, 1.807) is 17.0 Å². The molecule has 0 unspecified atom stereocenters. The molecule has 28 heavy (non-hydrogen) atoms. The molecule has 1 aliphatic heterocycles. The number of nitrogens with one attached hydrogen (secondary N) is 1. The van der Waals surface area contributed by atoms with Gasteiger partial charge < -0.3 is 24.4 Å². The van der Waals surface area contributed by atoms with E-state index in [2.05, 4.69) is 5.32 Å². The topological polar surface area (TPSA) is 77.1 Å². The Morgan fingerprint density at radius 1 is 1.00 bits per heavy atom. The van der Waals surface area contributed by atoms with Crippen LogP contribution in [0.3, 0.4) is 0 Å². The van der Waals surface area contributed by atoms with Crippen molar-refractivity contribution in [2.45, 2.75) is 46.5 Å². The molecule has 1 aromatic rings. The first-order valence-corrected chi connectivity index (χ1v) is 9.99. The SMILES string of the molecule is CCOc1cc(C(=O)N2CC(=O)NC3=C2CCCC3)cc(OCC)c1OCC. The van der Waals surface area contributed by atoms with Crippen molar-refractivity contribution >= 4 is 11.8 Å². The summed E-state index contributed by atoms with van der Waals surface area (Å²) < 4.78 is 17.1. The number of carbonyl (C=O) groups is 2. The highest BCUT2D eigenvalue weighted by molar-refractivity contribution is 6.00. The van der Waals surface area contributed by atoms with Crippen molar-refractivity contribution in [2.24, 2.45) is 0 Å². The van der Waals surface area contributed by atoms with Crippen LogP contribution in [-0.4, -0.2) is 43.1 Å². The Balaban J connectivity index is 2.01. The van der Waals surface area contributed by atoms with Crippen LogP contribution in [0.15, 0.2) is 23.5 Å². The second kappa shape index (κ2) is 8.99. The Labute approximate surface area is 165 Å². The van der Waals surface area contributed by atoms with E-state index in [4.69, 9.17) is 14.2 Å². The number of amides is 2. The van der Waals surface area contributed by atoms with Crippen molar-refractivity contribution in [3.8, 4) is 17.2 Å². The molecule has 7 heteroatoms. The smallest absolute Gasteiger partial charge is 0.258 e. The maximum absolute atomic E-state index is 13.3. The van der Waals surface area contributed by atoms with E-state index in [0.29, 0.717) is 42.6 Å². The van der Waals surface area contributed by atoms with Gasteiger partial charge >= 0.3 is 0 Å². The first-order chi connectivity index (χ1) is 13.6. The van der Waals surface area contributed by atoms with Gasteiger partial charge in [-0.1, -0.05) is 0 Å². The lowest BCUT2D eigenvalue weighted by molar-refractivity contribution is -0.121. The average Bonchev–Trinajstić information content (AvgIpc) is 2.69. The number of carbonyl (C=O) groups excluding carboxylic acids is 2. The largest absolute Gasteiger partial charge is 0.490 e. The van der Waals surface area contributed by atoms with Gasteiger partial charge in [0.1, 0.15) is 6.54 Å². The van der Waals surface area contributed by atoms with Gasteiger partial charge in [-0.2, -0.15) is 0 Å². The number of hydrogen-bond donors (Lipinski definition) is 1. The van der Waals surface area contributed by atoms with Crippen molar-refractivity contribution in [1.82, 2.24) is 10.2 Å². The number of benzene rings is 1. The molecule has 0 saturated heterocycles. The zero-order valence-electron chi connectivity index (χ0n) is 16.8. The van der Waals surface area contributed by atoms with E-state index in [1.807, 2.05) is 20.8 Å². The van der Waals surface area contributed by atoms with Crippen LogP contribution in [0.4, 0.5) is 0 Å².